The van der Waals surface area contributed by atoms with Crippen molar-refractivity contribution in [1.29, 1.82) is 0 Å². The van der Waals surface area contributed by atoms with Gasteiger partial charge in [0.25, 0.3) is 0 Å². The van der Waals surface area contributed by atoms with Crippen molar-refractivity contribution in [2.24, 2.45) is 0 Å². The van der Waals surface area contributed by atoms with E-state index in [0.29, 0.717) is 19.8 Å². The Hall–Kier alpha value is -1.75. The number of fused-ring (bicyclic) bond motifs is 1. The van der Waals surface area contributed by atoms with Crippen molar-refractivity contribution < 1.29 is 14.3 Å². The Kier molecular flexibility index (Phi) is 4.60. The van der Waals surface area contributed by atoms with E-state index in [0.717, 1.165) is 49.3 Å². The highest BCUT2D eigenvalue weighted by Gasteiger charge is 2.20. The van der Waals surface area contributed by atoms with Gasteiger partial charge in [-0.05, 0) is 37.1 Å². The second-order valence-corrected chi connectivity index (χ2v) is 5.55. The first-order valence-corrected chi connectivity index (χ1v) is 7.72. The average molecular weight is 290 g/mol. The fourth-order valence-electron chi connectivity index (χ4n) is 2.71. The maximum atomic E-state index is 12.1. The average Bonchev–Trinajstić information content (AvgIpc) is 2.78. The van der Waals surface area contributed by atoms with Gasteiger partial charge in [-0.15, -0.1) is 0 Å². The van der Waals surface area contributed by atoms with Crippen LogP contribution in [-0.2, 0) is 11.3 Å². The summed E-state index contributed by atoms with van der Waals surface area (Å²) in [6, 6.07) is 5.80. The zero-order valence-electron chi connectivity index (χ0n) is 12.2. The van der Waals surface area contributed by atoms with Crippen LogP contribution in [0.5, 0.6) is 11.5 Å². The topological polar surface area (TPSA) is 59.6 Å². The number of rotatable bonds is 3. The Morgan fingerprint density at radius 2 is 2.05 bits per heavy atom. The quantitative estimate of drug-likeness (QED) is 0.888. The lowest BCUT2D eigenvalue weighted by Crippen LogP contribution is -2.46. The van der Waals surface area contributed by atoms with Crippen LogP contribution in [0.15, 0.2) is 18.2 Å². The van der Waals surface area contributed by atoms with Crippen LogP contribution < -0.4 is 20.1 Å². The third-order valence-electron chi connectivity index (χ3n) is 3.91. The molecule has 2 heterocycles. The van der Waals surface area contributed by atoms with Gasteiger partial charge in [-0.1, -0.05) is 12.5 Å². The SMILES string of the molecule is O=C(NCc1ccc2c(c1)OCCCO2)C1CCCCN1. The van der Waals surface area contributed by atoms with E-state index in [2.05, 4.69) is 10.6 Å². The number of benzene rings is 1. The zero-order valence-corrected chi connectivity index (χ0v) is 12.2. The summed E-state index contributed by atoms with van der Waals surface area (Å²) in [6.07, 6.45) is 4.10. The largest absolute Gasteiger partial charge is 0.490 e. The summed E-state index contributed by atoms with van der Waals surface area (Å²) in [4.78, 5) is 12.1. The van der Waals surface area contributed by atoms with Crippen LogP contribution in [0.3, 0.4) is 0 Å². The Morgan fingerprint density at radius 3 is 2.86 bits per heavy atom. The minimum atomic E-state index is -0.0424. The van der Waals surface area contributed by atoms with Crippen molar-refractivity contribution in [2.75, 3.05) is 19.8 Å². The van der Waals surface area contributed by atoms with Crippen molar-refractivity contribution in [2.45, 2.75) is 38.3 Å². The number of piperidine rings is 1. The highest BCUT2D eigenvalue weighted by molar-refractivity contribution is 5.81. The number of hydrogen-bond donors (Lipinski definition) is 2. The minimum Gasteiger partial charge on any atom is -0.490 e. The summed E-state index contributed by atoms with van der Waals surface area (Å²) in [5.41, 5.74) is 1.03. The fraction of sp³-hybridized carbons (Fsp3) is 0.562. The first-order valence-electron chi connectivity index (χ1n) is 7.72. The van der Waals surface area contributed by atoms with E-state index in [1.807, 2.05) is 18.2 Å². The van der Waals surface area contributed by atoms with Gasteiger partial charge in [-0.3, -0.25) is 4.79 Å². The van der Waals surface area contributed by atoms with E-state index in [1.54, 1.807) is 0 Å². The molecule has 3 rings (SSSR count). The number of carbonyl (C=O) groups is 1. The summed E-state index contributed by atoms with van der Waals surface area (Å²) >= 11 is 0. The van der Waals surface area contributed by atoms with E-state index in [1.165, 1.54) is 0 Å². The molecule has 2 N–H and O–H groups in total. The van der Waals surface area contributed by atoms with Crippen LogP contribution in [-0.4, -0.2) is 31.7 Å². The standard InChI is InChI=1S/C16H22N2O3/c19-16(13-4-1-2-7-17-13)18-11-12-5-6-14-15(10-12)21-9-3-8-20-14/h5-6,10,13,17H,1-4,7-9,11H2,(H,18,19). The molecule has 2 aliphatic rings. The van der Waals surface area contributed by atoms with Crippen LogP contribution in [0, 0.1) is 0 Å². The molecule has 5 heteroatoms. The molecule has 114 valence electrons. The second-order valence-electron chi connectivity index (χ2n) is 5.55. The fourth-order valence-corrected chi connectivity index (χ4v) is 2.71. The van der Waals surface area contributed by atoms with Gasteiger partial charge in [0, 0.05) is 13.0 Å². The highest BCUT2D eigenvalue weighted by atomic mass is 16.5. The molecule has 2 aliphatic heterocycles. The van der Waals surface area contributed by atoms with E-state index in [4.69, 9.17) is 9.47 Å². The molecule has 1 aromatic carbocycles. The van der Waals surface area contributed by atoms with Gasteiger partial charge in [-0.2, -0.15) is 0 Å². The van der Waals surface area contributed by atoms with Gasteiger partial charge in [0.15, 0.2) is 11.5 Å². The maximum absolute atomic E-state index is 12.1. The first kappa shape index (κ1) is 14.2. The number of carbonyl (C=O) groups excluding carboxylic acids is 1. The summed E-state index contributed by atoms with van der Waals surface area (Å²) in [6.45, 7) is 2.82. The van der Waals surface area contributed by atoms with Crippen LogP contribution in [0.1, 0.15) is 31.2 Å². The van der Waals surface area contributed by atoms with Crippen LogP contribution in [0.4, 0.5) is 0 Å². The normalized spacial score (nSPS) is 21.4. The number of hydrogen-bond acceptors (Lipinski definition) is 4. The molecule has 0 aliphatic carbocycles. The Balaban J connectivity index is 1.57. The Labute approximate surface area is 125 Å². The van der Waals surface area contributed by atoms with Crippen molar-refractivity contribution in [1.82, 2.24) is 10.6 Å². The molecule has 1 fully saturated rings. The molecular weight excluding hydrogens is 268 g/mol. The molecule has 1 aromatic rings. The van der Waals surface area contributed by atoms with Gasteiger partial charge < -0.3 is 20.1 Å². The van der Waals surface area contributed by atoms with Gasteiger partial charge in [0.1, 0.15) is 0 Å². The second kappa shape index (κ2) is 6.80. The summed E-state index contributed by atoms with van der Waals surface area (Å²) in [5, 5.41) is 6.25. The zero-order chi connectivity index (χ0) is 14.5. The maximum Gasteiger partial charge on any atom is 0.237 e. The Bertz CT molecular complexity index is 498. The minimum absolute atomic E-state index is 0.0424. The third-order valence-corrected chi connectivity index (χ3v) is 3.91. The molecule has 0 aromatic heterocycles. The van der Waals surface area contributed by atoms with E-state index in [9.17, 15) is 4.79 Å². The van der Waals surface area contributed by atoms with Crippen LogP contribution in [0.2, 0.25) is 0 Å². The van der Waals surface area contributed by atoms with E-state index in [-0.39, 0.29) is 11.9 Å². The molecule has 0 spiro atoms. The summed E-state index contributed by atoms with van der Waals surface area (Å²) in [5.74, 6) is 1.65. The molecule has 1 atom stereocenters. The van der Waals surface area contributed by atoms with Gasteiger partial charge in [-0.25, -0.2) is 0 Å². The van der Waals surface area contributed by atoms with Crippen LogP contribution in [0.25, 0.3) is 0 Å². The molecule has 21 heavy (non-hydrogen) atoms. The molecule has 5 nitrogen and oxygen atoms in total. The van der Waals surface area contributed by atoms with Crippen LogP contribution >= 0.6 is 0 Å². The molecular formula is C16H22N2O3. The molecule has 0 saturated carbocycles. The Morgan fingerprint density at radius 1 is 1.19 bits per heavy atom. The summed E-state index contributed by atoms with van der Waals surface area (Å²) < 4.78 is 11.3. The van der Waals surface area contributed by atoms with E-state index < -0.39 is 0 Å². The summed E-state index contributed by atoms with van der Waals surface area (Å²) in [7, 11) is 0. The first-order chi connectivity index (χ1) is 10.3. The number of nitrogens with one attached hydrogen (secondary N) is 2. The van der Waals surface area contributed by atoms with Crippen molar-refractivity contribution in [3.05, 3.63) is 23.8 Å². The van der Waals surface area contributed by atoms with Crippen molar-refractivity contribution in [3.63, 3.8) is 0 Å². The predicted molar refractivity (Wildman–Crippen MR) is 79.5 cm³/mol. The monoisotopic (exact) mass is 290 g/mol. The molecule has 0 bridgehead atoms. The van der Waals surface area contributed by atoms with Gasteiger partial charge >= 0.3 is 0 Å². The molecule has 1 unspecified atom stereocenters. The predicted octanol–water partition coefficient (Wildman–Crippen LogP) is 1.61. The smallest absolute Gasteiger partial charge is 0.237 e. The van der Waals surface area contributed by atoms with E-state index >= 15 is 0 Å². The molecule has 1 amide bonds. The number of ether oxygens (including phenoxy) is 2. The number of amides is 1. The highest BCUT2D eigenvalue weighted by Crippen LogP contribution is 2.30. The molecule has 0 radical (unpaired) electrons. The van der Waals surface area contributed by atoms with Crippen molar-refractivity contribution >= 4 is 5.91 Å². The van der Waals surface area contributed by atoms with Crippen molar-refractivity contribution in [3.8, 4) is 11.5 Å². The van der Waals surface area contributed by atoms with Gasteiger partial charge in [0.2, 0.25) is 5.91 Å². The lowest BCUT2D eigenvalue weighted by Gasteiger charge is -2.22. The van der Waals surface area contributed by atoms with Gasteiger partial charge in [0.05, 0.1) is 19.3 Å². The third kappa shape index (κ3) is 3.67. The lowest BCUT2D eigenvalue weighted by atomic mass is 10.0. The molecule has 1 saturated heterocycles. The lowest BCUT2D eigenvalue weighted by molar-refractivity contribution is -0.123.